The van der Waals surface area contributed by atoms with Gasteiger partial charge in [-0.3, -0.25) is 19.7 Å². The van der Waals surface area contributed by atoms with Crippen LogP contribution in [-0.2, 0) is 14.3 Å². The maximum absolute atomic E-state index is 12.9. The number of aryl methyl sites for hydroxylation is 1. The number of non-ortho nitro benzene ring substituents is 1. The van der Waals surface area contributed by atoms with Crippen LogP contribution in [0.15, 0.2) is 48.0 Å². The molecule has 31 heavy (non-hydrogen) atoms. The highest BCUT2D eigenvalue weighted by Gasteiger charge is 2.46. The highest BCUT2D eigenvalue weighted by molar-refractivity contribution is 6.46. The SMILES string of the molecule is COCCN1C(=O)C(=O)C(=C(O)c2ccc(OC)cc2C)C1c1ccc([N+](=O)[O-])cc1. The molecule has 0 spiro atoms. The first kappa shape index (κ1) is 22.0. The molecule has 1 unspecified atom stereocenters. The predicted octanol–water partition coefficient (Wildman–Crippen LogP) is 2.98. The zero-order valence-electron chi connectivity index (χ0n) is 17.3. The van der Waals surface area contributed by atoms with Gasteiger partial charge in [0.2, 0.25) is 0 Å². The van der Waals surface area contributed by atoms with Crippen molar-refractivity contribution in [3.8, 4) is 5.75 Å². The molecule has 1 amide bonds. The molecule has 0 saturated carbocycles. The van der Waals surface area contributed by atoms with Crippen LogP contribution in [-0.4, -0.2) is 54.0 Å². The number of aliphatic hydroxyl groups is 1. The summed E-state index contributed by atoms with van der Waals surface area (Å²) in [6.07, 6.45) is 0. The van der Waals surface area contributed by atoms with Gasteiger partial charge in [-0.2, -0.15) is 0 Å². The van der Waals surface area contributed by atoms with Crippen molar-refractivity contribution in [1.29, 1.82) is 0 Å². The number of carbonyl (C=O) groups excluding carboxylic acids is 2. The van der Waals surface area contributed by atoms with Gasteiger partial charge in [-0.05, 0) is 48.4 Å². The van der Waals surface area contributed by atoms with Crippen LogP contribution in [0.25, 0.3) is 5.76 Å². The van der Waals surface area contributed by atoms with Crippen LogP contribution in [0.4, 0.5) is 5.69 Å². The monoisotopic (exact) mass is 426 g/mol. The summed E-state index contributed by atoms with van der Waals surface area (Å²) in [7, 11) is 2.99. The smallest absolute Gasteiger partial charge is 0.295 e. The molecular weight excluding hydrogens is 404 g/mol. The number of benzene rings is 2. The minimum absolute atomic E-state index is 0.0803. The number of hydrogen-bond acceptors (Lipinski definition) is 7. The number of Topliss-reactive ketones (excluding diaryl/α,β-unsaturated/α-hetero) is 1. The lowest BCUT2D eigenvalue weighted by Gasteiger charge is -2.25. The fraction of sp³-hybridized carbons (Fsp3) is 0.273. The molecule has 2 aromatic carbocycles. The molecule has 1 aliphatic heterocycles. The number of ether oxygens (including phenoxy) is 2. The molecular formula is C22H22N2O7. The van der Waals surface area contributed by atoms with E-state index in [1.54, 1.807) is 25.1 Å². The van der Waals surface area contributed by atoms with Gasteiger partial charge < -0.3 is 19.5 Å². The fourth-order valence-electron chi connectivity index (χ4n) is 3.60. The summed E-state index contributed by atoms with van der Waals surface area (Å²) in [6.45, 7) is 2.04. The lowest BCUT2D eigenvalue weighted by Crippen LogP contribution is -2.32. The zero-order chi connectivity index (χ0) is 22.7. The van der Waals surface area contributed by atoms with E-state index in [1.165, 1.54) is 43.4 Å². The molecule has 0 aromatic heterocycles. The van der Waals surface area contributed by atoms with Gasteiger partial charge in [0.15, 0.2) is 0 Å². The fourth-order valence-corrected chi connectivity index (χ4v) is 3.60. The number of carbonyl (C=O) groups is 2. The Hall–Kier alpha value is -3.72. The largest absolute Gasteiger partial charge is 0.507 e. The van der Waals surface area contributed by atoms with E-state index in [9.17, 15) is 24.8 Å². The van der Waals surface area contributed by atoms with Gasteiger partial charge in [-0.15, -0.1) is 0 Å². The van der Waals surface area contributed by atoms with Gasteiger partial charge in [0.05, 0.1) is 30.3 Å². The van der Waals surface area contributed by atoms with Gasteiger partial charge in [-0.25, -0.2) is 0 Å². The van der Waals surface area contributed by atoms with Crippen LogP contribution in [0.2, 0.25) is 0 Å². The summed E-state index contributed by atoms with van der Waals surface area (Å²) < 4.78 is 10.2. The summed E-state index contributed by atoms with van der Waals surface area (Å²) in [5, 5.41) is 22.1. The predicted molar refractivity (Wildman–Crippen MR) is 112 cm³/mol. The van der Waals surface area contributed by atoms with Crippen molar-refractivity contribution in [2.75, 3.05) is 27.4 Å². The summed E-state index contributed by atoms with van der Waals surface area (Å²) in [6, 6.07) is 9.59. The van der Waals surface area contributed by atoms with Crippen LogP contribution in [0.1, 0.15) is 22.7 Å². The number of nitro benzene ring substituents is 1. The Morgan fingerprint density at radius 2 is 1.84 bits per heavy atom. The number of amides is 1. The molecule has 1 heterocycles. The van der Waals surface area contributed by atoms with E-state index in [1.807, 2.05) is 0 Å². The van der Waals surface area contributed by atoms with E-state index in [4.69, 9.17) is 9.47 Å². The van der Waals surface area contributed by atoms with Crippen molar-refractivity contribution in [2.45, 2.75) is 13.0 Å². The van der Waals surface area contributed by atoms with Crippen molar-refractivity contribution in [3.63, 3.8) is 0 Å². The Morgan fingerprint density at radius 1 is 1.16 bits per heavy atom. The van der Waals surface area contributed by atoms with Crippen molar-refractivity contribution in [3.05, 3.63) is 74.8 Å². The summed E-state index contributed by atoms with van der Waals surface area (Å²) in [4.78, 5) is 37.4. The highest BCUT2D eigenvalue weighted by atomic mass is 16.6. The maximum atomic E-state index is 12.9. The molecule has 0 radical (unpaired) electrons. The van der Waals surface area contributed by atoms with Crippen LogP contribution < -0.4 is 4.74 Å². The second-order valence-electron chi connectivity index (χ2n) is 7.01. The third kappa shape index (κ3) is 4.13. The van der Waals surface area contributed by atoms with Crippen LogP contribution in [0.3, 0.4) is 0 Å². The number of nitrogens with zero attached hydrogens (tertiary/aromatic N) is 2. The van der Waals surface area contributed by atoms with E-state index in [-0.39, 0.29) is 30.2 Å². The summed E-state index contributed by atoms with van der Waals surface area (Å²) >= 11 is 0. The third-order valence-corrected chi connectivity index (χ3v) is 5.18. The topological polar surface area (TPSA) is 119 Å². The number of hydrogen-bond donors (Lipinski definition) is 1. The quantitative estimate of drug-likeness (QED) is 0.238. The maximum Gasteiger partial charge on any atom is 0.295 e. The molecule has 1 fully saturated rings. The second-order valence-corrected chi connectivity index (χ2v) is 7.01. The number of ketones is 1. The van der Waals surface area contributed by atoms with Gasteiger partial charge in [0, 0.05) is 31.4 Å². The van der Waals surface area contributed by atoms with Crippen molar-refractivity contribution < 1.29 is 29.1 Å². The second kappa shape index (κ2) is 8.97. The lowest BCUT2D eigenvalue weighted by atomic mass is 9.93. The van der Waals surface area contributed by atoms with Crippen LogP contribution >= 0.6 is 0 Å². The minimum atomic E-state index is -0.905. The molecule has 1 aliphatic rings. The molecule has 9 nitrogen and oxygen atoms in total. The van der Waals surface area contributed by atoms with Crippen molar-refractivity contribution in [1.82, 2.24) is 4.90 Å². The normalized spacial score (nSPS) is 17.8. The molecule has 9 heteroatoms. The number of likely N-dealkylation sites (tertiary alicyclic amines) is 1. The van der Waals surface area contributed by atoms with Crippen LogP contribution in [0, 0.1) is 17.0 Å². The van der Waals surface area contributed by atoms with Crippen molar-refractivity contribution in [2.24, 2.45) is 0 Å². The van der Waals surface area contributed by atoms with Crippen molar-refractivity contribution >= 4 is 23.1 Å². The first-order valence-electron chi connectivity index (χ1n) is 9.46. The van der Waals surface area contributed by atoms with Crippen LogP contribution in [0.5, 0.6) is 5.75 Å². The lowest BCUT2D eigenvalue weighted by molar-refractivity contribution is -0.384. The average molecular weight is 426 g/mol. The Bertz CT molecular complexity index is 1060. The average Bonchev–Trinajstić information content (AvgIpc) is 3.01. The molecule has 1 atom stereocenters. The first-order valence-corrected chi connectivity index (χ1v) is 9.46. The summed E-state index contributed by atoms with van der Waals surface area (Å²) in [5.74, 6) is -1.33. The Labute approximate surface area is 178 Å². The van der Waals surface area contributed by atoms with E-state index >= 15 is 0 Å². The molecule has 3 rings (SSSR count). The van der Waals surface area contributed by atoms with Gasteiger partial charge in [-0.1, -0.05) is 0 Å². The Kier molecular flexibility index (Phi) is 6.36. The van der Waals surface area contributed by atoms with Gasteiger partial charge in [0.1, 0.15) is 11.5 Å². The van der Waals surface area contributed by atoms with E-state index < -0.39 is 22.7 Å². The number of methoxy groups -OCH3 is 2. The Balaban J connectivity index is 2.17. The molecule has 0 aliphatic carbocycles. The molecule has 1 saturated heterocycles. The zero-order valence-corrected chi connectivity index (χ0v) is 17.3. The molecule has 162 valence electrons. The van der Waals surface area contributed by atoms with Gasteiger partial charge >= 0.3 is 0 Å². The number of aliphatic hydroxyl groups excluding tert-OH is 1. The molecule has 2 aromatic rings. The molecule has 1 N–H and O–H groups in total. The first-order chi connectivity index (χ1) is 14.8. The summed E-state index contributed by atoms with van der Waals surface area (Å²) in [5.41, 5.74) is 1.31. The standard InChI is InChI=1S/C22H22N2O7/c1-13-12-16(31-3)8-9-17(13)20(25)18-19(14-4-6-15(7-5-14)24(28)29)23(10-11-30-2)22(27)21(18)26/h4-9,12,19,25H,10-11H2,1-3H3. The number of nitro groups is 1. The van der Waals surface area contributed by atoms with E-state index in [0.29, 0.717) is 22.4 Å². The molecule has 0 bridgehead atoms. The highest BCUT2D eigenvalue weighted by Crippen LogP contribution is 2.40. The van der Waals surface area contributed by atoms with E-state index in [2.05, 4.69) is 0 Å². The van der Waals surface area contributed by atoms with E-state index in [0.717, 1.165) is 0 Å². The van der Waals surface area contributed by atoms with Gasteiger partial charge in [0.25, 0.3) is 17.4 Å². The third-order valence-electron chi connectivity index (χ3n) is 5.18. The Morgan fingerprint density at radius 3 is 2.39 bits per heavy atom. The number of rotatable bonds is 7. The minimum Gasteiger partial charge on any atom is -0.507 e.